The van der Waals surface area contributed by atoms with Gasteiger partial charge in [0.05, 0.1) is 19.6 Å². The molecule has 7 heteroatoms. The summed E-state index contributed by atoms with van der Waals surface area (Å²) in [5.41, 5.74) is 2.61. The summed E-state index contributed by atoms with van der Waals surface area (Å²) >= 11 is 0. The largest absolute Gasteiger partial charge is 0.469 e. The van der Waals surface area contributed by atoms with E-state index in [4.69, 9.17) is 9.73 Å². The van der Waals surface area contributed by atoms with E-state index in [-0.39, 0.29) is 35.9 Å². The minimum absolute atomic E-state index is 0. The lowest BCUT2D eigenvalue weighted by Gasteiger charge is -2.33. The molecule has 0 radical (unpaired) electrons. The summed E-state index contributed by atoms with van der Waals surface area (Å²) in [6.07, 6.45) is 4.27. The molecule has 0 amide bonds. The molecule has 2 aliphatic rings. The predicted octanol–water partition coefficient (Wildman–Crippen LogP) is 3.89. The number of nitrogens with one attached hydrogen (secondary N) is 1. The van der Waals surface area contributed by atoms with Crippen LogP contribution in [0.15, 0.2) is 29.3 Å². The van der Waals surface area contributed by atoms with Crippen LogP contribution in [0.25, 0.3) is 0 Å². The van der Waals surface area contributed by atoms with E-state index in [9.17, 15) is 4.79 Å². The number of ether oxygens (including phenoxy) is 1. The first-order chi connectivity index (χ1) is 14.6. The number of guanidine groups is 1. The lowest BCUT2D eigenvalue weighted by molar-refractivity contribution is -0.146. The molecule has 2 saturated heterocycles. The molecule has 1 N–H and O–H groups in total. The van der Waals surface area contributed by atoms with Crippen LogP contribution in [-0.4, -0.2) is 61.6 Å². The van der Waals surface area contributed by atoms with Crippen LogP contribution in [0.1, 0.15) is 50.7 Å². The van der Waals surface area contributed by atoms with Crippen molar-refractivity contribution in [1.29, 1.82) is 0 Å². The first-order valence-corrected chi connectivity index (χ1v) is 11.5. The Morgan fingerprint density at radius 3 is 2.26 bits per heavy atom. The summed E-state index contributed by atoms with van der Waals surface area (Å²) in [4.78, 5) is 21.4. The van der Waals surface area contributed by atoms with Gasteiger partial charge in [0.1, 0.15) is 0 Å². The number of hydrogen-bond donors (Lipinski definition) is 1. The Balaban J connectivity index is 0.00000341. The quantitative estimate of drug-likeness (QED) is 0.256. The molecule has 174 valence electrons. The smallest absolute Gasteiger partial charge is 0.308 e. The van der Waals surface area contributed by atoms with Gasteiger partial charge in [-0.15, -0.1) is 24.0 Å². The maximum Gasteiger partial charge on any atom is 0.308 e. The van der Waals surface area contributed by atoms with Gasteiger partial charge in [0.2, 0.25) is 0 Å². The van der Waals surface area contributed by atoms with E-state index in [1.54, 1.807) is 0 Å². The second kappa shape index (κ2) is 13.3. The Morgan fingerprint density at radius 2 is 1.68 bits per heavy atom. The number of carbonyl (C=O) groups is 1. The van der Waals surface area contributed by atoms with Gasteiger partial charge in [-0.2, -0.15) is 0 Å². The number of esters is 1. The zero-order valence-electron chi connectivity index (χ0n) is 19.3. The molecule has 0 bridgehead atoms. The van der Waals surface area contributed by atoms with E-state index in [0.717, 1.165) is 50.9 Å². The molecule has 0 atom stereocenters. The average molecular weight is 543 g/mol. The highest BCUT2D eigenvalue weighted by Gasteiger charge is 2.27. The van der Waals surface area contributed by atoms with Crippen molar-refractivity contribution >= 4 is 35.9 Å². The molecule has 3 rings (SSSR count). The lowest BCUT2D eigenvalue weighted by Crippen LogP contribution is -2.46. The maximum atomic E-state index is 11.8. The lowest BCUT2D eigenvalue weighted by atomic mass is 9.97. The van der Waals surface area contributed by atoms with Crippen molar-refractivity contribution in [2.75, 3.05) is 39.8 Å². The van der Waals surface area contributed by atoms with Crippen molar-refractivity contribution in [2.24, 2.45) is 16.8 Å². The second-order valence-electron chi connectivity index (χ2n) is 8.73. The van der Waals surface area contributed by atoms with E-state index in [1.165, 1.54) is 44.2 Å². The Bertz CT molecular complexity index is 694. The van der Waals surface area contributed by atoms with Crippen molar-refractivity contribution in [3.8, 4) is 0 Å². The van der Waals surface area contributed by atoms with Crippen molar-refractivity contribution in [3.05, 3.63) is 35.4 Å². The fraction of sp³-hybridized carbons (Fsp3) is 0.667. The molecular weight excluding hydrogens is 503 g/mol. The third-order valence-corrected chi connectivity index (χ3v) is 6.38. The van der Waals surface area contributed by atoms with E-state index in [0.29, 0.717) is 6.54 Å². The number of rotatable bonds is 6. The van der Waals surface area contributed by atoms with Crippen molar-refractivity contribution < 1.29 is 9.53 Å². The molecule has 0 unspecified atom stereocenters. The molecule has 0 aliphatic carbocycles. The molecule has 6 nitrogen and oxygen atoms in total. The molecule has 0 aromatic heterocycles. The molecule has 1 aromatic rings. The Hall–Kier alpha value is -1.35. The van der Waals surface area contributed by atoms with Gasteiger partial charge in [0.15, 0.2) is 5.96 Å². The monoisotopic (exact) mass is 542 g/mol. The molecule has 1 aromatic carbocycles. The van der Waals surface area contributed by atoms with E-state index >= 15 is 0 Å². The van der Waals surface area contributed by atoms with E-state index in [2.05, 4.69) is 53.2 Å². The minimum atomic E-state index is -0.0873. The predicted molar refractivity (Wildman–Crippen MR) is 137 cm³/mol. The highest BCUT2D eigenvalue weighted by molar-refractivity contribution is 14.0. The topological polar surface area (TPSA) is 57.2 Å². The Kier molecular flexibility index (Phi) is 11.1. The third-order valence-electron chi connectivity index (χ3n) is 6.38. The highest BCUT2D eigenvalue weighted by Crippen LogP contribution is 2.20. The van der Waals surface area contributed by atoms with Gasteiger partial charge in [-0.1, -0.05) is 31.2 Å². The fourth-order valence-corrected chi connectivity index (χ4v) is 4.31. The Morgan fingerprint density at radius 1 is 1.06 bits per heavy atom. The van der Waals surface area contributed by atoms with Gasteiger partial charge in [-0.3, -0.25) is 9.69 Å². The zero-order chi connectivity index (χ0) is 21.3. The number of piperidine rings is 2. The summed E-state index contributed by atoms with van der Waals surface area (Å²) in [5.74, 6) is 1.74. The van der Waals surface area contributed by atoms with Crippen molar-refractivity contribution in [1.82, 2.24) is 15.1 Å². The number of carbonyl (C=O) groups excluding carboxylic acids is 1. The molecule has 2 heterocycles. The molecular formula is C24H39IN4O2. The first-order valence-electron chi connectivity index (χ1n) is 11.5. The minimum Gasteiger partial charge on any atom is -0.469 e. The van der Waals surface area contributed by atoms with Gasteiger partial charge >= 0.3 is 5.97 Å². The van der Waals surface area contributed by atoms with Crippen LogP contribution < -0.4 is 5.32 Å². The van der Waals surface area contributed by atoms with Crippen LogP contribution >= 0.6 is 24.0 Å². The summed E-state index contributed by atoms with van der Waals surface area (Å²) < 4.78 is 4.89. The SMILES string of the molecule is CCNC(=NCc1ccc(CN2CCC(C)CC2)cc1)N1CCC(C(=O)OC)CC1.I. The normalized spacial score (nSPS) is 19.1. The summed E-state index contributed by atoms with van der Waals surface area (Å²) in [5, 5.41) is 3.40. The summed E-state index contributed by atoms with van der Waals surface area (Å²) in [7, 11) is 1.47. The Labute approximate surface area is 204 Å². The van der Waals surface area contributed by atoms with Crippen LogP contribution in [0.4, 0.5) is 0 Å². The molecule has 2 fully saturated rings. The number of methoxy groups -OCH3 is 1. The number of aliphatic imine (C=N–C) groups is 1. The second-order valence-corrected chi connectivity index (χ2v) is 8.73. The average Bonchev–Trinajstić information content (AvgIpc) is 2.79. The van der Waals surface area contributed by atoms with Crippen LogP contribution in [0.2, 0.25) is 0 Å². The van der Waals surface area contributed by atoms with E-state index < -0.39 is 0 Å². The molecule has 31 heavy (non-hydrogen) atoms. The van der Waals surface area contributed by atoms with Crippen LogP contribution in [0, 0.1) is 11.8 Å². The van der Waals surface area contributed by atoms with Gasteiger partial charge in [0, 0.05) is 26.2 Å². The molecule has 2 aliphatic heterocycles. The summed E-state index contributed by atoms with van der Waals surface area (Å²) in [6, 6.07) is 8.91. The number of hydrogen-bond acceptors (Lipinski definition) is 4. The van der Waals surface area contributed by atoms with Gasteiger partial charge in [0.25, 0.3) is 0 Å². The van der Waals surface area contributed by atoms with E-state index in [1.807, 2.05) is 0 Å². The van der Waals surface area contributed by atoms with Crippen molar-refractivity contribution in [3.63, 3.8) is 0 Å². The molecule has 0 spiro atoms. The molecule has 0 saturated carbocycles. The van der Waals surface area contributed by atoms with Crippen molar-refractivity contribution in [2.45, 2.75) is 52.6 Å². The standard InChI is InChI=1S/C24H38N4O2.HI/c1-4-25-24(28-15-11-22(12-16-28)23(29)30-3)26-17-20-5-7-21(8-6-20)18-27-13-9-19(2)10-14-27;/h5-8,19,22H,4,9-18H2,1-3H3,(H,25,26);1H. The van der Waals surface area contributed by atoms with Crippen LogP contribution in [0.5, 0.6) is 0 Å². The maximum absolute atomic E-state index is 11.8. The first kappa shape index (κ1) is 25.9. The van der Waals surface area contributed by atoms with Gasteiger partial charge in [-0.05, 0) is 62.7 Å². The van der Waals surface area contributed by atoms with Gasteiger partial charge < -0.3 is 15.0 Å². The highest BCUT2D eigenvalue weighted by atomic mass is 127. The van der Waals surface area contributed by atoms with Crippen LogP contribution in [-0.2, 0) is 22.6 Å². The number of benzene rings is 1. The third kappa shape index (κ3) is 7.93. The summed E-state index contributed by atoms with van der Waals surface area (Å²) in [6.45, 7) is 11.1. The zero-order valence-corrected chi connectivity index (χ0v) is 21.6. The number of likely N-dealkylation sites (tertiary alicyclic amines) is 2. The number of halogens is 1. The number of nitrogens with zero attached hydrogens (tertiary/aromatic N) is 3. The van der Waals surface area contributed by atoms with Gasteiger partial charge in [-0.25, -0.2) is 4.99 Å². The van der Waals surface area contributed by atoms with Crippen LogP contribution in [0.3, 0.4) is 0 Å². The fourth-order valence-electron chi connectivity index (χ4n) is 4.31.